The van der Waals surface area contributed by atoms with Crippen LogP contribution in [0.2, 0.25) is 0 Å². The molecule has 4 amide bonds. The minimum Gasteiger partial charge on any atom is -0.497 e. The van der Waals surface area contributed by atoms with Crippen LogP contribution in [0.4, 0.5) is 10.5 Å². The Labute approximate surface area is 213 Å². The molecule has 186 valence electrons. The number of amides is 4. The maximum Gasteiger partial charge on any atom is 0.326 e. The molecule has 1 aliphatic rings. The molecule has 1 heterocycles. The molecule has 0 radical (unpaired) electrons. The summed E-state index contributed by atoms with van der Waals surface area (Å²) in [4.78, 5) is 40.9. The second-order valence-corrected chi connectivity index (χ2v) is 8.64. The summed E-state index contributed by atoms with van der Waals surface area (Å²) in [7, 11) is 3.10. The van der Waals surface area contributed by atoms with E-state index in [9.17, 15) is 14.4 Å². The quantitative estimate of drug-likeness (QED) is 0.373. The van der Waals surface area contributed by atoms with Gasteiger partial charge in [-0.2, -0.15) is 0 Å². The van der Waals surface area contributed by atoms with Crippen LogP contribution >= 0.6 is 0 Å². The summed E-state index contributed by atoms with van der Waals surface area (Å²) in [6.07, 6.45) is 0. The molecular weight excluding hydrogens is 470 g/mol. The van der Waals surface area contributed by atoms with E-state index in [1.54, 1.807) is 68.8 Å². The van der Waals surface area contributed by atoms with Crippen molar-refractivity contribution in [2.45, 2.75) is 5.54 Å². The summed E-state index contributed by atoms with van der Waals surface area (Å²) >= 11 is 0. The van der Waals surface area contributed by atoms with E-state index in [4.69, 9.17) is 9.47 Å². The predicted octanol–water partition coefficient (Wildman–Crippen LogP) is 4.29. The van der Waals surface area contributed by atoms with Gasteiger partial charge < -0.3 is 20.1 Å². The molecule has 0 spiro atoms. The number of hydrogen-bond acceptors (Lipinski definition) is 5. The Morgan fingerprint density at radius 1 is 0.811 bits per heavy atom. The first-order chi connectivity index (χ1) is 17.9. The summed E-state index contributed by atoms with van der Waals surface area (Å²) in [6, 6.07) is 26.4. The topological polar surface area (TPSA) is 97.0 Å². The molecule has 0 bridgehead atoms. The van der Waals surface area contributed by atoms with Gasteiger partial charge in [-0.25, -0.2) is 4.79 Å². The van der Waals surface area contributed by atoms with E-state index in [2.05, 4.69) is 10.6 Å². The number of urea groups is 1. The number of hydrogen-bond donors (Lipinski definition) is 2. The van der Waals surface area contributed by atoms with Crippen molar-refractivity contribution in [3.63, 3.8) is 0 Å². The number of methoxy groups -OCH3 is 2. The molecule has 1 aliphatic heterocycles. The maximum atomic E-state index is 13.9. The van der Waals surface area contributed by atoms with Gasteiger partial charge in [0.15, 0.2) is 5.54 Å². The van der Waals surface area contributed by atoms with Gasteiger partial charge in [0, 0.05) is 5.69 Å². The number of rotatable bonds is 7. The zero-order valence-electron chi connectivity index (χ0n) is 20.4. The SMILES string of the molecule is COc1ccc(C2(c3ccc(OC)cc3)NC(=O)N(CC(=O)Nc3ccc4ccccc4c3)C2=O)cc1. The van der Waals surface area contributed by atoms with Crippen molar-refractivity contribution in [3.05, 3.63) is 102 Å². The van der Waals surface area contributed by atoms with E-state index in [1.165, 1.54) is 0 Å². The van der Waals surface area contributed by atoms with Gasteiger partial charge in [-0.05, 0) is 58.3 Å². The molecule has 4 aromatic carbocycles. The maximum absolute atomic E-state index is 13.9. The summed E-state index contributed by atoms with van der Waals surface area (Å²) in [6.45, 7) is -0.439. The molecular formula is C29H25N3O5. The lowest BCUT2D eigenvalue weighted by Gasteiger charge is -2.28. The molecule has 37 heavy (non-hydrogen) atoms. The Hall–Kier alpha value is -4.85. The molecule has 0 unspecified atom stereocenters. The number of fused-ring (bicyclic) bond motifs is 1. The fourth-order valence-electron chi connectivity index (χ4n) is 4.57. The Balaban J connectivity index is 1.45. The van der Waals surface area contributed by atoms with Crippen molar-refractivity contribution >= 4 is 34.3 Å². The minimum atomic E-state index is -1.52. The standard InChI is InChI=1S/C29H25N3O5/c1-36-24-13-8-21(9-14-24)29(22-10-15-25(37-2)16-11-22)27(34)32(28(35)31-29)18-26(33)30-23-12-7-19-5-3-4-6-20(19)17-23/h3-17H,18H2,1-2H3,(H,30,33)(H,31,35). The fraction of sp³-hybridized carbons (Fsp3) is 0.138. The lowest BCUT2D eigenvalue weighted by Crippen LogP contribution is -2.45. The van der Waals surface area contributed by atoms with E-state index < -0.39 is 29.9 Å². The van der Waals surface area contributed by atoms with Crippen LogP contribution in [0.1, 0.15) is 11.1 Å². The predicted molar refractivity (Wildman–Crippen MR) is 140 cm³/mol. The highest BCUT2D eigenvalue weighted by atomic mass is 16.5. The van der Waals surface area contributed by atoms with Gasteiger partial charge >= 0.3 is 6.03 Å². The zero-order chi connectivity index (χ0) is 26.0. The average molecular weight is 496 g/mol. The van der Waals surface area contributed by atoms with E-state index in [1.807, 2.05) is 36.4 Å². The summed E-state index contributed by atoms with van der Waals surface area (Å²) in [5.41, 5.74) is 0.134. The number of anilines is 1. The fourth-order valence-corrected chi connectivity index (χ4v) is 4.57. The van der Waals surface area contributed by atoms with Gasteiger partial charge in [0.1, 0.15) is 18.0 Å². The number of ether oxygens (including phenoxy) is 2. The van der Waals surface area contributed by atoms with Crippen LogP contribution in [0.3, 0.4) is 0 Å². The third kappa shape index (κ3) is 4.33. The summed E-state index contributed by atoms with van der Waals surface area (Å²) in [5.74, 6) is 0.176. The number of carbonyl (C=O) groups excluding carboxylic acids is 3. The molecule has 8 nitrogen and oxygen atoms in total. The second kappa shape index (κ2) is 9.66. The van der Waals surface area contributed by atoms with Crippen LogP contribution < -0.4 is 20.1 Å². The molecule has 0 aliphatic carbocycles. The van der Waals surface area contributed by atoms with Gasteiger partial charge in [0.25, 0.3) is 5.91 Å². The molecule has 0 saturated carbocycles. The molecule has 2 N–H and O–H groups in total. The number of imide groups is 1. The first kappa shape index (κ1) is 23.9. The van der Waals surface area contributed by atoms with E-state index in [-0.39, 0.29) is 0 Å². The molecule has 1 fully saturated rings. The number of benzene rings is 4. The van der Waals surface area contributed by atoms with E-state index in [0.717, 1.165) is 15.7 Å². The van der Waals surface area contributed by atoms with Gasteiger partial charge in [0.2, 0.25) is 5.91 Å². The average Bonchev–Trinajstić information content (AvgIpc) is 3.18. The van der Waals surface area contributed by atoms with Crippen molar-refractivity contribution in [1.82, 2.24) is 10.2 Å². The van der Waals surface area contributed by atoms with Gasteiger partial charge in [0.05, 0.1) is 14.2 Å². The minimum absolute atomic E-state index is 0.439. The highest BCUT2D eigenvalue weighted by Crippen LogP contribution is 2.37. The summed E-state index contributed by atoms with van der Waals surface area (Å²) < 4.78 is 10.5. The van der Waals surface area contributed by atoms with Crippen LogP contribution in [0, 0.1) is 0 Å². The van der Waals surface area contributed by atoms with E-state index >= 15 is 0 Å². The van der Waals surface area contributed by atoms with Crippen molar-refractivity contribution in [2.75, 3.05) is 26.1 Å². The smallest absolute Gasteiger partial charge is 0.326 e. The van der Waals surface area contributed by atoms with Crippen molar-refractivity contribution in [3.8, 4) is 11.5 Å². The number of nitrogens with zero attached hydrogens (tertiary/aromatic N) is 1. The molecule has 8 heteroatoms. The number of nitrogens with one attached hydrogen (secondary N) is 2. The van der Waals surface area contributed by atoms with Gasteiger partial charge in [-0.15, -0.1) is 0 Å². The van der Waals surface area contributed by atoms with Crippen LogP contribution in [0.15, 0.2) is 91.0 Å². The number of carbonyl (C=O) groups is 3. The van der Waals surface area contributed by atoms with Gasteiger partial charge in [-0.3, -0.25) is 14.5 Å². The molecule has 0 atom stereocenters. The molecule has 0 aromatic heterocycles. The summed E-state index contributed by atoms with van der Waals surface area (Å²) in [5, 5.41) is 7.64. The Bertz CT molecular complexity index is 1430. The first-order valence-electron chi connectivity index (χ1n) is 11.7. The van der Waals surface area contributed by atoms with Crippen LogP contribution in [0.25, 0.3) is 10.8 Å². The van der Waals surface area contributed by atoms with Gasteiger partial charge in [-0.1, -0.05) is 54.6 Å². The highest BCUT2D eigenvalue weighted by Gasteiger charge is 2.54. The largest absolute Gasteiger partial charge is 0.497 e. The molecule has 5 rings (SSSR count). The lowest BCUT2D eigenvalue weighted by molar-refractivity contribution is -0.133. The monoisotopic (exact) mass is 495 g/mol. The molecule has 4 aromatic rings. The third-order valence-corrected chi connectivity index (χ3v) is 6.49. The Morgan fingerprint density at radius 3 is 1.95 bits per heavy atom. The molecule has 1 saturated heterocycles. The Kier molecular flexibility index (Phi) is 6.23. The first-order valence-corrected chi connectivity index (χ1v) is 11.7. The normalized spacial score (nSPS) is 14.4. The van der Waals surface area contributed by atoms with Crippen molar-refractivity contribution in [2.24, 2.45) is 0 Å². The zero-order valence-corrected chi connectivity index (χ0v) is 20.4. The Morgan fingerprint density at radius 2 is 1.38 bits per heavy atom. The van der Waals surface area contributed by atoms with Crippen LogP contribution in [-0.4, -0.2) is 43.5 Å². The van der Waals surface area contributed by atoms with E-state index in [0.29, 0.717) is 28.3 Å². The highest BCUT2D eigenvalue weighted by molar-refractivity contribution is 6.12. The van der Waals surface area contributed by atoms with Crippen molar-refractivity contribution < 1.29 is 23.9 Å². The third-order valence-electron chi connectivity index (χ3n) is 6.49. The second-order valence-electron chi connectivity index (χ2n) is 8.64. The van der Waals surface area contributed by atoms with Crippen LogP contribution in [-0.2, 0) is 15.1 Å². The lowest BCUT2D eigenvalue weighted by atomic mass is 9.82. The van der Waals surface area contributed by atoms with Crippen LogP contribution in [0.5, 0.6) is 11.5 Å². The van der Waals surface area contributed by atoms with Crippen molar-refractivity contribution in [1.29, 1.82) is 0 Å².